The van der Waals surface area contributed by atoms with Crippen molar-refractivity contribution < 1.29 is 18.7 Å². The molecule has 0 aromatic heterocycles. The van der Waals surface area contributed by atoms with Crippen LogP contribution in [0, 0.1) is 19.7 Å². The van der Waals surface area contributed by atoms with Gasteiger partial charge < -0.3 is 4.74 Å². The average molecular weight is 426 g/mol. The van der Waals surface area contributed by atoms with E-state index in [4.69, 9.17) is 4.74 Å². The van der Waals surface area contributed by atoms with Crippen molar-refractivity contribution in [2.24, 2.45) is 0 Å². The molecule has 164 valence electrons. The minimum atomic E-state index is -0.418. The normalized spacial score (nSPS) is 20.5. The van der Waals surface area contributed by atoms with Crippen LogP contribution in [0.3, 0.4) is 0 Å². The largest absolute Gasteiger partial charge is 0.496 e. The standard InChI is InChI=1S/C24H28FN3O3/c1-16-4-6-20(17(2)12-16)28-23(29)14-21(24(28)30)27-10-8-26(9-11-27)15-18-13-19(25)5-7-22(18)31-3/h4-7,12-13,21H,8-11,14-15H2,1-3H3/t21-/m0/s1. The van der Waals surface area contributed by atoms with Gasteiger partial charge in [-0.25, -0.2) is 9.29 Å². The van der Waals surface area contributed by atoms with Gasteiger partial charge in [-0.1, -0.05) is 17.7 Å². The Bertz CT molecular complexity index is 1000. The van der Waals surface area contributed by atoms with Gasteiger partial charge in [0.25, 0.3) is 5.91 Å². The lowest BCUT2D eigenvalue weighted by Gasteiger charge is -2.37. The van der Waals surface area contributed by atoms with Crippen LogP contribution in [0.4, 0.5) is 10.1 Å². The third-order valence-electron chi connectivity index (χ3n) is 6.20. The Morgan fingerprint density at radius 3 is 2.45 bits per heavy atom. The van der Waals surface area contributed by atoms with Gasteiger partial charge in [-0.05, 0) is 43.7 Å². The van der Waals surface area contributed by atoms with Gasteiger partial charge >= 0.3 is 0 Å². The number of carbonyl (C=O) groups is 2. The van der Waals surface area contributed by atoms with Gasteiger partial charge in [0, 0.05) is 38.3 Å². The molecule has 2 fully saturated rings. The second kappa shape index (κ2) is 8.77. The van der Waals surface area contributed by atoms with E-state index in [1.54, 1.807) is 13.2 Å². The minimum absolute atomic E-state index is 0.141. The van der Waals surface area contributed by atoms with Crippen molar-refractivity contribution in [3.63, 3.8) is 0 Å². The summed E-state index contributed by atoms with van der Waals surface area (Å²) in [4.78, 5) is 31.5. The minimum Gasteiger partial charge on any atom is -0.496 e. The first kappa shape index (κ1) is 21.5. The number of hydrogen-bond donors (Lipinski definition) is 0. The molecule has 4 rings (SSSR count). The van der Waals surface area contributed by atoms with Crippen molar-refractivity contribution in [2.75, 3.05) is 38.2 Å². The molecule has 2 amide bonds. The molecule has 0 radical (unpaired) electrons. The zero-order chi connectivity index (χ0) is 22.1. The van der Waals surface area contributed by atoms with Crippen molar-refractivity contribution in [2.45, 2.75) is 32.9 Å². The Morgan fingerprint density at radius 2 is 1.77 bits per heavy atom. The van der Waals surface area contributed by atoms with Crippen LogP contribution >= 0.6 is 0 Å². The average Bonchev–Trinajstić information content (AvgIpc) is 3.03. The highest BCUT2D eigenvalue weighted by Gasteiger charge is 2.43. The molecule has 2 aliphatic rings. The fourth-order valence-corrected chi connectivity index (χ4v) is 4.56. The van der Waals surface area contributed by atoms with E-state index in [9.17, 15) is 14.0 Å². The number of aryl methyl sites for hydroxylation is 2. The molecule has 0 bridgehead atoms. The lowest BCUT2D eigenvalue weighted by atomic mass is 10.1. The first-order valence-corrected chi connectivity index (χ1v) is 10.6. The zero-order valence-electron chi connectivity index (χ0n) is 18.2. The summed E-state index contributed by atoms with van der Waals surface area (Å²) in [6, 6.07) is 9.90. The number of benzene rings is 2. The highest BCUT2D eigenvalue weighted by molar-refractivity contribution is 6.22. The van der Waals surface area contributed by atoms with Gasteiger partial charge in [-0.3, -0.25) is 19.4 Å². The Hall–Kier alpha value is -2.77. The molecule has 0 unspecified atom stereocenters. The van der Waals surface area contributed by atoms with Gasteiger partial charge in [-0.15, -0.1) is 0 Å². The van der Waals surface area contributed by atoms with E-state index < -0.39 is 6.04 Å². The molecule has 2 aromatic carbocycles. The van der Waals surface area contributed by atoms with Crippen LogP contribution < -0.4 is 9.64 Å². The summed E-state index contributed by atoms with van der Waals surface area (Å²) in [5, 5.41) is 0. The Kier molecular flexibility index (Phi) is 6.07. The number of ether oxygens (including phenoxy) is 1. The van der Waals surface area contributed by atoms with Crippen molar-refractivity contribution in [1.82, 2.24) is 9.80 Å². The number of imide groups is 1. The Labute approximate surface area is 182 Å². The van der Waals surface area contributed by atoms with Crippen molar-refractivity contribution >= 4 is 17.5 Å². The molecule has 2 saturated heterocycles. The van der Waals surface area contributed by atoms with E-state index in [-0.39, 0.29) is 24.1 Å². The van der Waals surface area contributed by atoms with E-state index in [2.05, 4.69) is 9.80 Å². The topological polar surface area (TPSA) is 53.1 Å². The first-order valence-electron chi connectivity index (χ1n) is 10.6. The third kappa shape index (κ3) is 4.34. The summed E-state index contributed by atoms with van der Waals surface area (Å²) < 4.78 is 19.0. The van der Waals surface area contributed by atoms with Crippen LogP contribution in [-0.2, 0) is 16.1 Å². The SMILES string of the molecule is COc1ccc(F)cc1CN1CCN([C@H]2CC(=O)N(c3ccc(C)cc3C)C2=O)CC1. The van der Waals surface area contributed by atoms with Gasteiger partial charge in [0.05, 0.1) is 25.3 Å². The second-order valence-corrected chi connectivity index (χ2v) is 8.35. The number of methoxy groups -OCH3 is 1. The quantitative estimate of drug-likeness (QED) is 0.690. The number of hydrogen-bond acceptors (Lipinski definition) is 5. The van der Waals surface area contributed by atoms with E-state index in [1.165, 1.54) is 17.0 Å². The van der Waals surface area contributed by atoms with E-state index in [0.29, 0.717) is 31.1 Å². The highest BCUT2D eigenvalue weighted by Crippen LogP contribution is 2.30. The molecule has 2 aromatic rings. The highest BCUT2D eigenvalue weighted by atomic mass is 19.1. The monoisotopic (exact) mass is 425 g/mol. The lowest BCUT2D eigenvalue weighted by molar-refractivity contribution is -0.123. The number of halogens is 1. The molecular weight excluding hydrogens is 397 g/mol. The maximum atomic E-state index is 13.7. The summed E-state index contributed by atoms with van der Waals surface area (Å²) in [6.07, 6.45) is 0.212. The van der Waals surface area contributed by atoms with Gasteiger partial charge in [-0.2, -0.15) is 0 Å². The molecule has 6 nitrogen and oxygen atoms in total. The van der Waals surface area contributed by atoms with Crippen LogP contribution in [0.2, 0.25) is 0 Å². The van der Waals surface area contributed by atoms with Crippen LogP contribution in [0.25, 0.3) is 0 Å². The number of nitrogens with zero attached hydrogens (tertiary/aromatic N) is 3. The summed E-state index contributed by atoms with van der Waals surface area (Å²) >= 11 is 0. The summed E-state index contributed by atoms with van der Waals surface area (Å²) in [5.74, 6) is 0.103. The fraction of sp³-hybridized carbons (Fsp3) is 0.417. The number of carbonyl (C=O) groups excluding carboxylic acids is 2. The summed E-state index contributed by atoms with van der Waals surface area (Å²) in [5.41, 5.74) is 3.52. The maximum Gasteiger partial charge on any atom is 0.251 e. The number of rotatable bonds is 5. The number of anilines is 1. The Balaban J connectivity index is 1.41. The molecule has 0 spiro atoms. The van der Waals surface area contributed by atoms with E-state index >= 15 is 0 Å². The first-order chi connectivity index (χ1) is 14.9. The third-order valence-corrected chi connectivity index (χ3v) is 6.20. The molecule has 31 heavy (non-hydrogen) atoms. The summed E-state index contributed by atoms with van der Waals surface area (Å²) in [6.45, 7) is 7.34. The van der Waals surface area contributed by atoms with Gasteiger partial charge in [0.15, 0.2) is 0 Å². The molecule has 0 N–H and O–H groups in total. The molecule has 0 saturated carbocycles. The summed E-state index contributed by atoms with van der Waals surface area (Å²) in [7, 11) is 1.58. The smallest absolute Gasteiger partial charge is 0.251 e. The van der Waals surface area contributed by atoms with Crippen molar-refractivity contribution in [3.8, 4) is 5.75 Å². The predicted octanol–water partition coefficient (Wildman–Crippen LogP) is 2.90. The molecule has 2 aliphatic heterocycles. The Morgan fingerprint density at radius 1 is 1.03 bits per heavy atom. The zero-order valence-corrected chi connectivity index (χ0v) is 18.2. The molecule has 7 heteroatoms. The molecule has 0 aliphatic carbocycles. The lowest BCUT2D eigenvalue weighted by Crippen LogP contribution is -2.52. The van der Waals surface area contributed by atoms with Crippen LogP contribution in [0.5, 0.6) is 5.75 Å². The second-order valence-electron chi connectivity index (χ2n) is 8.35. The van der Waals surface area contributed by atoms with E-state index in [0.717, 1.165) is 29.8 Å². The van der Waals surface area contributed by atoms with Gasteiger partial charge in [0.2, 0.25) is 5.91 Å². The number of piperazine rings is 1. The predicted molar refractivity (Wildman–Crippen MR) is 117 cm³/mol. The van der Waals surface area contributed by atoms with E-state index in [1.807, 2.05) is 32.0 Å². The van der Waals surface area contributed by atoms with Crippen LogP contribution in [0.1, 0.15) is 23.1 Å². The van der Waals surface area contributed by atoms with Crippen molar-refractivity contribution in [1.29, 1.82) is 0 Å². The molecule has 2 heterocycles. The van der Waals surface area contributed by atoms with Crippen LogP contribution in [0.15, 0.2) is 36.4 Å². The van der Waals surface area contributed by atoms with Crippen molar-refractivity contribution in [3.05, 3.63) is 58.9 Å². The maximum absolute atomic E-state index is 13.7. The fourth-order valence-electron chi connectivity index (χ4n) is 4.56. The van der Waals surface area contributed by atoms with Gasteiger partial charge in [0.1, 0.15) is 11.6 Å². The number of amides is 2. The molecule has 1 atom stereocenters. The van der Waals surface area contributed by atoms with Crippen LogP contribution in [-0.4, -0.2) is 60.9 Å². The molecular formula is C24H28FN3O3.